The van der Waals surface area contributed by atoms with Gasteiger partial charge in [0.05, 0.1) is 17.6 Å². The van der Waals surface area contributed by atoms with Gasteiger partial charge in [0.1, 0.15) is 5.65 Å². The fourth-order valence-electron chi connectivity index (χ4n) is 3.60. The Bertz CT molecular complexity index is 1470. The molecule has 0 aliphatic carbocycles. The fraction of sp³-hybridized carbons (Fsp3) is 0.0435. The number of nitrogens with zero attached hydrogens (tertiary/aromatic N) is 3. The number of aromatic amines is 1. The summed E-state index contributed by atoms with van der Waals surface area (Å²) in [6.45, 7) is 0.698. The number of benzene rings is 2. The Labute approximate surface area is 179 Å². The van der Waals surface area contributed by atoms with Crippen molar-refractivity contribution < 1.29 is 8.42 Å². The number of aromatic nitrogens is 4. The number of hydrogen-bond donors (Lipinski definition) is 2. The van der Waals surface area contributed by atoms with Crippen LogP contribution in [0.2, 0.25) is 0 Å². The zero-order valence-corrected chi connectivity index (χ0v) is 17.3. The van der Waals surface area contributed by atoms with E-state index in [1.807, 2.05) is 47.5 Å². The third-order valence-electron chi connectivity index (χ3n) is 5.18. The Kier molecular flexibility index (Phi) is 4.65. The molecule has 3 aromatic heterocycles. The SMILES string of the molecule is NS(=O)(=O)c1ccc(-c2cnc3[nH]cc(-c4cnn(Cc5ccccc5)c4)c3c2)cc1. The summed E-state index contributed by atoms with van der Waals surface area (Å²) in [5, 5.41) is 10.7. The zero-order chi connectivity index (χ0) is 21.4. The highest BCUT2D eigenvalue weighted by Crippen LogP contribution is 2.31. The molecule has 7 nitrogen and oxygen atoms in total. The van der Waals surface area contributed by atoms with E-state index in [9.17, 15) is 8.42 Å². The van der Waals surface area contributed by atoms with Crippen LogP contribution in [0.5, 0.6) is 0 Å². The van der Waals surface area contributed by atoms with E-state index in [-0.39, 0.29) is 4.90 Å². The predicted octanol–water partition coefficient (Wildman–Crippen LogP) is 3.79. The van der Waals surface area contributed by atoms with Crippen molar-refractivity contribution >= 4 is 21.1 Å². The highest BCUT2D eigenvalue weighted by molar-refractivity contribution is 7.89. The van der Waals surface area contributed by atoms with Crippen LogP contribution in [0.15, 0.2) is 90.3 Å². The van der Waals surface area contributed by atoms with Crippen molar-refractivity contribution in [3.05, 3.63) is 91.0 Å². The van der Waals surface area contributed by atoms with Crippen molar-refractivity contribution in [1.82, 2.24) is 19.7 Å². The number of nitrogens with one attached hydrogen (secondary N) is 1. The first-order chi connectivity index (χ1) is 15.0. The monoisotopic (exact) mass is 429 g/mol. The smallest absolute Gasteiger partial charge is 0.238 e. The van der Waals surface area contributed by atoms with Crippen LogP contribution in [0.1, 0.15) is 5.56 Å². The second-order valence-electron chi connectivity index (χ2n) is 7.30. The number of nitrogens with two attached hydrogens (primary N) is 1. The molecule has 8 heteroatoms. The Balaban J connectivity index is 1.49. The largest absolute Gasteiger partial charge is 0.346 e. The minimum absolute atomic E-state index is 0.0819. The van der Waals surface area contributed by atoms with Crippen molar-refractivity contribution in [1.29, 1.82) is 0 Å². The van der Waals surface area contributed by atoms with E-state index in [4.69, 9.17) is 5.14 Å². The second-order valence-corrected chi connectivity index (χ2v) is 8.87. The van der Waals surface area contributed by atoms with Crippen LogP contribution < -0.4 is 5.14 Å². The minimum Gasteiger partial charge on any atom is -0.346 e. The average Bonchev–Trinajstić information content (AvgIpc) is 3.40. The summed E-state index contributed by atoms with van der Waals surface area (Å²) in [7, 11) is -3.72. The molecule has 0 aliphatic rings. The van der Waals surface area contributed by atoms with Gasteiger partial charge in [-0.3, -0.25) is 4.68 Å². The quantitative estimate of drug-likeness (QED) is 0.443. The van der Waals surface area contributed by atoms with Crippen molar-refractivity contribution in [2.24, 2.45) is 5.14 Å². The maximum atomic E-state index is 11.5. The van der Waals surface area contributed by atoms with Gasteiger partial charge in [-0.2, -0.15) is 5.10 Å². The molecule has 154 valence electrons. The van der Waals surface area contributed by atoms with Crippen LogP contribution >= 0.6 is 0 Å². The van der Waals surface area contributed by atoms with Crippen molar-refractivity contribution in [3.8, 4) is 22.3 Å². The van der Waals surface area contributed by atoms with E-state index in [1.165, 1.54) is 17.7 Å². The Morgan fingerprint density at radius 3 is 2.45 bits per heavy atom. The van der Waals surface area contributed by atoms with E-state index >= 15 is 0 Å². The van der Waals surface area contributed by atoms with E-state index < -0.39 is 10.0 Å². The van der Waals surface area contributed by atoms with Gasteiger partial charge in [-0.1, -0.05) is 42.5 Å². The number of hydrogen-bond acceptors (Lipinski definition) is 4. The maximum Gasteiger partial charge on any atom is 0.238 e. The summed E-state index contributed by atoms with van der Waals surface area (Å²) in [5.41, 5.74) is 5.69. The molecule has 0 saturated carbocycles. The standard InChI is InChI=1S/C23H19N5O2S/c24-31(29,30)20-8-6-17(7-9-20)18-10-21-22(13-26-23(21)25-11-18)19-12-27-28(15-19)14-16-4-2-1-3-5-16/h1-13,15H,14H2,(H,25,26)(H2,24,29,30). The van der Waals surface area contributed by atoms with Crippen molar-refractivity contribution in [2.45, 2.75) is 11.4 Å². The molecule has 0 fully saturated rings. The molecule has 3 heterocycles. The summed E-state index contributed by atoms with van der Waals surface area (Å²) in [5.74, 6) is 0. The first-order valence-corrected chi connectivity index (χ1v) is 11.2. The molecule has 0 amide bonds. The van der Waals surface area contributed by atoms with Gasteiger partial charge in [0.15, 0.2) is 0 Å². The molecule has 5 aromatic rings. The van der Waals surface area contributed by atoms with E-state index in [2.05, 4.69) is 27.2 Å². The highest BCUT2D eigenvalue weighted by Gasteiger charge is 2.12. The molecule has 0 atom stereocenters. The van der Waals surface area contributed by atoms with E-state index in [0.29, 0.717) is 6.54 Å². The number of primary sulfonamides is 1. The molecular formula is C23H19N5O2S. The summed E-state index contributed by atoms with van der Waals surface area (Å²) < 4.78 is 24.9. The lowest BCUT2D eigenvalue weighted by molar-refractivity contribution is 0.598. The molecule has 3 N–H and O–H groups in total. The van der Waals surface area contributed by atoms with Crippen LogP contribution in [-0.4, -0.2) is 28.2 Å². The van der Waals surface area contributed by atoms with Crippen LogP contribution in [0.4, 0.5) is 0 Å². The lowest BCUT2D eigenvalue weighted by Gasteiger charge is -2.04. The molecule has 2 aromatic carbocycles. The first-order valence-electron chi connectivity index (χ1n) is 9.64. The third kappa shape index (κ3) is 3.86. The molecular weight excluding hydrogens is 410 g/mol. The van der Waals surface area contributed by atoms with Crippen LogP contribution in [0.3, 0.4) is 0 Å². The topological polar surface area (TPSA) is 107 Å². The summed E-state index contributed by atoms with van der Waals surface area (Å²) >= 11 is 0. The Hall–Kier alpha value is -3.75. The van der Waals surface area contributed by atoms with Crippen LogP contribution in [0.25, 0.3) is 33.3 Å². The van der Waals surface area contributed by atoms with Gasteiger partial charge in [-0.25, -0.2) is 18.5 Å². The van der Waals surface area contributed by atoms with Gasteiger partial charge in [0, 0.05) is 40.7 Å². The molecule has 0 unspecified atom stereocenters. The Morgan fingerprint density at radius 1 is 0.935 bits per heavy atom. The van der Waals surface area contributed by atoms with Gasteiger partial charge in [-0.05, 0) is 29.3 Å². The molecule has 0 saturated heterocycles. The normalized spacial score (nSPS) is 11.8. The number of sulfonamides is 1. The zero-order valence-electron chi connectivity index (χ0n) is 16.4. The van der Waals surface area contributed by atoms with Gasteiger partial charge < -0.3 is 4.98 Å². The number of H-pyrrole nitrogens is 1. The van der Waals surface area contributed by atoms with Gasteiger partial charge in [0.25, 0.3) is 0 Å². The first kappa shape index (κ1) is 19.2. The lowest BCUT2D eigenvalue weighted by atomic mass is 10.0. The molecule has 31 heavy (non-hydrogen) atoms. The van der Waals surface area contributed by atoms with Gasteiger partial charge >= 0.3 is 0 Å². The van der Waals surface area contributed by atoms with Crippen molar-refractivity contribution in [3.63, 3.8) is 0 Å². The van der Waals surface area contributed by atoms with Crippen LogP contribution in [-0.2, 0) is 16.6 Å². The maximum absolute atomic E-state index is 11.5. The fourth-order valence-corrected chi connectivity index (χ4v) is 4.11. The molecule has 0 radical (unpaired) electrons. The summed E-state index contributed by atoms with van der Waals surface area (Å²) in [6, 6.07) is 18.7. The number of pyridine rings is 1. The summed E-state index contributed by atoms with van der Waals surface area (Å²) in [4.78, 5) is 7.81. The highest BCUT2D eigenvalue weighted by atomic mass is 32.2. The van der Waals surface area contributed by atoms with Crippen molar-refractivity contribution in [2.75, 3.05) is 0 Å². The van der Waals surface area contributed by atoms with E-state index in [1.54, 1.807) is 18.3 Å². The lowest BCUT2D eigenvalue weighted by Crippen LogP contribution is -2.11. The number of rotatable bonds is 5. The summed E-state index contributed by atoms with van der Waals surface area (Å²) in [6.07, 6.45) is 7.55. The van der Waals surface area contributed by atoms with Crippen LogP contribution in [0, 0.1) is 0 Å². The van der Waals surface area contributed by atoms with E-state index in [0.717, 1.165) is 33.3 Å². The molecule has 0 aliphatic heterocycles. The predicted molar refractivity (Wildman–Crippen MR) is 120 cm³/mol. The minimum atomic E-state index is -3.72. The number of fused-ring (bicyclic) bond motifs is 1. The van der Waals surface area contributed by atoms with Gasteiger partial charge in [-0.15, -0.1) is 0 Å². The molecule has 0 spiro atoms. The Morgan fingerprint density at radius 2 is 1.71 bits per heavy atom. The van der Waals surface area contributed by atoms with Gasteiger partial charge in [0.2, 0.25) is 10.0 Å². The molecule has 0 bridgehead atoms. The average molecular weight is 430 g/mol. The molecule has 5 rings (SSSR count). The second kappa shape index (κ2) is 7.50. The third-order valence-corrected chi connectivity index (χ3v) is 6.11.